The third-order valence-corrected chi connectivity index (χ3v) is 5.92. The Kier molecular flexibility index (Phi) is 4.89. The van der Waals surface area contributed by atoms with E-state index in [-0.39, 0.29) is 34.3 Å². The van der Waals surface area contributed by atoms with Gasteiger partial charge in [0.2, 0.25) is 17.2 Å². The third kappa shape index (κ3) is 3.25. The lowest BCUT2D eigenvalue weighted by Crippen LogP contribution is -3.18. The number of aromatic nitrogens is 1. The highest BCUT2D eigenvalue weighted by molar-refractivity contribution is 6.25. The number of quaternary nitrogens is 1. The zero-order valence-electron chi connectivity index (χ0n) is 16.7. The predicted molar refractivity (Wildman–Crippen MR) is 107 cm³/mol. The average molecular weight is 423 g/mol. The SMILES string of the molecule is O=C1C2=C(C(=O)c3ncccc31)[NH+]([O-])N2CCCN1CCN(C(=O)c2ccco2)CC1. The molecule has 1 saturated heterocycles. The van der Waals surface area contributed by atoms with E-state index in [0.717, 1.165) is 19.6 Å². The summed E-state index contributed by atoms with van der Waals surface area (Å²) in [6.45, 7) is 3.77. The Labute approximate surface area is 177 Å². The summed E-state index contributed by atoms with van der Waals surface area (Å²) in [5, 5.41) is 13.5. The maximum absolute atomic E-state index is 12.7. The van der Waals surface area contributed by atoms with E-state index in [9.17, 15) is 19.6 Å². The molecule has 10 nitrogen and oxygen atoms in total. The molecule has 1 fully saturated rings. The van der Waals surface area contributed by atoms with Crippen LogP contribution >= 0.6 is 0 Å². The van der Waals surface area contributed by atoms with E-state index in [1.807, 2.05) is 0 Å². The molecule has 4 heterocycles. The number of pyridine rings is 1. The number of furan rings is 1. The van der Waals surface area contributed by atoms with Crippen LogP contribution in [0.5, 0.6) is 0 Å². The minimum atomic E-state index is -0.469. The van der Waals surface area contributed by atoms with Gasteiger partial charge in [-0.15, -0.1) is 0 Å². The van der Waals surface area contributed by atoms with Crippen LogP contribution in [0.1, 0.15) is 37.8 Å². The molecule has 31 heavy (non-hydrogen) atoms. The van der Waals surface area contributed by atoms with Crippen molar-refractivity contribution in [3.63, 3.8) is 0 Å². The maximum Gasteiger partial charge on any atom is 0.289 e. The summed E-state index contributed by atoms with van der Waals surface area (Å²) < 4.78 is 5.17. The topological polar surface area (TPSA) is 114 Å². The number of Topliss-reactive ketones (excluding diaryl/α,β-unsaturated/α-hetero) is 2. The van der Waals surface area contributed by atoms with Crippen molar-refractivity contribution >= 4 is 17.5 Å². The quantitative estimate of drug-likeness (QED) is 0.654. The van der Waals surface area contributed by atoms with Gasteiger partial charge >= 0.3 is 0 Å². The van der Waals surface area contributed by atoms with E-state index in [4.69, 9.17) is 4.42 Å². The molecule has 1 amide bonds. The van der Waals surface area contributed by atoms with Gasteiger partial charge in [-0.1, -0.05) is 0 Å². The summed E-state index contributed by atoms with van der Waals surface area (Å²) in [5.74, 6) is -0.547. The number of piperazine rings is 1. The summed E-state index contributed by atoms with van der Waals surface area (Å²) in [6.07, 6.45) is 3.59. The molecule has 0 bridgehead atoms. The van der Waals surface area contributed by atoms with E-state index < -0.39 is 11.0 Å². The minimum absolute atomic E-state index is 0.0405. The summed E-state index contributed by atoms with van der Waals surface area (Å²) in [6, 6.07) is 6.53. The van der Waals surface area contributed by atoms with Gasteiger partial charge in [-0.3, -0.25) is 24.3 Å². The second-order valence-corrected chi connectivity index (χ2v) is 7.70. The van der Waals surface area contributed by atoms with Crippen LogP contribution < -0.4 is 5.17 Å². The number of hydrogen-bond acceptors (Lipinski definition) is 8. The summed E-state index contributed by atoms with van der Waals surface area (Å²) >= 11 is 0. The van der Waals surface area contributed by atoms with Gasteiger partial charge in [-0.2, -0.15) is 0 Å². The fraction of sp³-hybridized carbons (Fsp3) is 0.333. The molecule has 1 atom stereocenters. The molecule has 1 N–H and O–H groups in total. The fourth-order valence-corrected chi connectivity index (χ4v) is 4.27. The zero-order valence-corrected chi connectivity index (χ0v) is 16.7. The summed E-state index contributed by atoms with van der Waals surface area (Å²) in [5.41, 5.74) is 0.466. The summed E-state index contributed by atoms with van der Waals surface area (Å²) in [4.78, 5) is 45.5. The third-order valence-electron chi connectivity index (χ3n) is 5.92. The maximum atomic E-state index is 12.7. The molecule has 0 radical (unpaired) electrons. The standard InChI is InChI=1S/C21H21N5O5/c27-19-14-4-1-6-22-16(14)20(28)18-17(19)25(26(18)30)8-3-7-23-9-11-24(12-10-23)21(29)15-5-2-13-31-15/h1-2,4-6,13,26H,3,7-12H2. The Morgan fingerprint density at radius 2 is 1.90 bits per heavy atom. The number of ketones is 2. The number of hydrogen-bond donors (Lipinski definition) is 1. The molecule has 1 unspecified atom stereocenters. The number of amides is 1. The second kappa shape index (κ2) is 7.73. The van der Waals surface area contributed by atoms with Gasteiger partial charge in [0, 0.05) is 38.9 Å². The van der Waals surface area contributed by atoms with Gasteiger partial charge in [0.05, 0.1) is 18.4 Å². The van der Waals surface area contributed by atoms with Crippen LogP contribution in [0.3, 0.4) is 0 Å². The van der Waals surface area contributed by atoms with Crippen molar-refractivity contribution in [3.8, 4) is 0 Å². The number of nitrogens with zero attached hydrogens (tertiary/aromatic N) is 4. The highest BCUT2D eigenvalue weighted by Crippen LogP contribution is 2.27. The Hall–Kier alpha value is -3.34. The molecule has 0 aromatic carbocycles. The Bertz CT molecular complexity index is 1070. The monoisotopic (exact) mass is 423 g/mol. The van der Waals surface area contributed by atoms with Gasteiger partial charge in [-0.25, -0.2) is 10.2 Å². The first kappa shape index (κ1) is 19.6. The van der Waals surface area contributed by atoms with Gasteiger partial charge in [0.15, 0.2) is 5.76 Å². The average Bonchev–Trinajstić information content (AvgIpc) is 3.34. The van der Waals surface area contributed by atoms with Crippen molar-refractivity contribution in [1.82, 2.24) is 19.8 Å². The Morgan fingerprint density at radius 1 is 1.10 bits per heavy atom. The lowest BCUT2D eigenvalue weighted by molar-refractivity contribution is -0.951. The van der Waals surface area contributed by atoms with Gasteiger partial charge in [-0.05, 0) is 30.7 Å². The number of fused-ring (bicyclic) bond motifs is 1. The highest BCUT2D eigenvalue weighted by Gasteiger charge is 2.50. The molecule has 1 aliphatic carbocycles. The lowest BCUT2D eigenvalue weighted by Gasteiger charge is -2.46. The van der Waals surface area contributed by atoms with E-state index in [2.05, 4.69) is 9.88 Å². The van der Waals surface area contributed by atoms with Crippen LogP contribution in [0.15, 0.2) is 52.5 Å². The van der Waals surface area contributed by atoms with Crippen molar-refractivity contribution in [2.45, 2.75) is 6.42 Å². The largest absolute Gasteiger partial charge is 0.602 e. The number of nitrogens with one attached hydrogen (secondary N) is 1. The van der Waals surface area contributed by atoms with E-state index >= 15 is 0 Å². The number of carbonyl (C=O) groups excluding carboxylic acids is 3. The molecular weight excluding hydrogens is 402 g/mol. The first-order valence-corrected chi connectivity index (χ1v) is 10.2. The molecule has 0 spiro atoms. The zero-order chi connectivity index (χ0) is 21.5. The van der Waals surface area contributed by atoms with Gasteiger partial charge in [0.25, 0.3) is 11.7 Å². The second-order valence-electron chi connectivity index (χ2n) is 7.70. The molecule has 0 saturated carbocycles. The molecule has 5 rings (SSSR count). The van der Waals surface area contributed by atoms with E-state index in [1.165, 1.54) is 17.5 Å². The molecule has 2 aliphatic heterocycles. The lowest BCUT2D eigenvalue weighted by atomic mass is 9.92. The first-order valence-electron chi connectivity index (χ1n) is 10.2. The molecule has 3 aliphatic rings. The van der Waals surface area contributed by atoms with E-state index in [1.54, 1.807) is 29.2 Å². The normalized spacial score (nSPS) is 21.1. The number of hydroxylamine groups is 1. The number of rotatable bonds is 5. The number of allylic oxidation sites excluding steroid dienone is 2. The van der Waals surface area contributed by atoms with Crippen LogP contribution in [0.2, 0.25) is 0 Å². The predicted octanol–water partition coefficient (Wildman–Crippen LogP) is -0.273. The molecule has 160 valence electrons. The van der Waals surface area contributed by atoms with Crippen LogP contribution in [0, 0.1) is 5.21 Å². The minimum Gasteiger partial charge on any atom is -0.602 e. The van der Waals surface area contributed by atoms with Crippen LogP contribution in [0.4, 0.5) is 0 Å². The summed E-state index contributed by atoms with van der Waals surface area (Å²) in [7, 11) is 0. The van der Waals surface area contributed by atoms with Crippen LogP contribution in [0.25, 0.3) is 0 Å². The highest BCUT2D eigenvalue weighted by atomic mass is 16.6. The van der Waals surface area contributed by atoms with Crippen molar-refractivity contribution < 1.29 is 24.0 Å². The molecule has 2 aromatic heterocycles. The molecular formula is C21H21N5O5. The number of carbonyl (C=O) groups is 3. The van der Waals surface area contributed by atoms with Gasteiger partial charge in [0.1, 0.15) is 5.69 Å². The molecule has 2 aromatic rings. The van der Waals surface area contributed by atoms with Crippen molar-refractivity contribution in [1.29, 1.82) is 0 Å². The van der Waals surface area contributed by atoms with Crippen molar-refractivity contribution in [2.75, 3.05) is 39.3 Å². The first-order chi connectivity index (χ1) is 15.1. The Morgan fingerprint density at radius 3 is 2.65 bits per heavy atom. The van der Waals surface area contributed by atoms with Gasteiger partial charge < -0.3 is 14.5 Å². The van der Waals surface area contributed by atoms with Crippen molar-refractivity contribution in [3.05, 3.63) is 70.3 Å². The Balaban J connectivity index is 1.14. The van der Waals surface area contributed by atoms with Crippen LogP contribution in [-0.2, 0) is 0 Å². The van der Waals surface area contributed by atoms with Crippen LogP contribution in [-0.4, -0.2) is 76.5 Å². The smallest absolute Gasteiger partial charge is 0.289 e. The van der Waals surface area contributed by atoms with Crippen molar-refractivity contribution in [2.24, 2.45) is 0 Å². The fourth-order valence-electron chi connectivity index (χ4n) is 4.27. The van der Waals surface area contributed by atoms with E-state index in [0.29, 0.717) is 31.8 Å². The molecule has 10 heteroatoms.